The van der Waals surface area contributed by atoms with E-state index in [4.69, 9.17) is 24.0 Å². The van der Waals surface area contributed by atoms with Crippen LogP contribution in [0.15, 0.2) is 29.4 Å². The maximum Gasteiger partial charge on any atom is 0.320 e. The topological polar surface area (TPSA) is 93.6 Å². The van der Waals surface area contributed by atoms with Gasteiger partial charge in [-0.05, 0) is 19.1 Å². The zero-order valence-electron chi connectivity index (χ0n) is 19.7. The molecule has 5 rings (SSSR count). The van der Waals surface area contributed by atoms with Crippen LogP contribution in [0.1, 0.15) is 17.5 Å². The second-order valence-corrected chi connectivity index (χ2v) is 8.56. The van der Waals surface area contributed by atoms with Gasteiger partial charge in [-0.25, -0.2) is 0 Å². The fourth-order valence-corrected chi connectivity index (χ4v) is 4.21. The predicted molar refractivity (Wildman–Crippen MR) is 129 cm³/mol. The lowest BCUT2D eigenvalue weighted by Gasteiger charge is -2.28. The van der Waals surface area contributed by atoms with E-state index in [1.165, 1.54) is 5.56 Å². The summed E-state index contributed by atoms with van der Waals surface area (Å²) < 4.78 is 22.7. The molecule has 3 aliphatic rings. The van der Waals surface area contributed by atoms with E-state index < -0.39 is 0 Å². The zero-order chi connectivity index (χ0) is 23.2. The first-order chi connectivity index (χ1) is 16.7. The van der Waals surface area contributed by atoms with Crippen LogP contribution in [0.5, 0.6) is 11.8 Å². The molecule has 0 atom stereocenters. The number of nitrogens with zero attached hydrogens (tertiary/aromatic N) is 5. The Morgan fingerprint density at radius 1 is 1.00 bits per heavy atom. The van der Waals surface area contributed by atoms with Crippen molar-refractivity contribution in [3.8, 4) is 11.8 Å². The highest BCUT2D eigenvalue weighted by molar-refractivity contribution is 6.04. The summed E-state index contributed by atoms with van der Waals surface area (Å²) in [6.07, 6.45) is 0.730. The van der Waals surface area contributed by atoms with E-state index >= 15 is 0 Å². The number of aryl methyl sites for hydroxylation is 1. The molecule has 0 saturated carbocycles. The van der Waals surface area contributed by atoms with Crippen LogP contribution in [0, 0.1) is 6.92 Å². The van der Waals surface area contributed by atoms with Crippen molar-refractivity contribution in [2.45, 2.75) is 13.3 Å². The molecule has 0 unspecified atom stereocenters. The average Bonchev–Trinajstić information content (AvgIpc) is 2.88. The summed E-state index contributed by atoms with van der Waals surface area (Å²) in [5.74, 6) is 2.28. The molecule has 4 heterocycles. The largest absolute Gasteiger partial charge is 0.492 e. The lowest BCUT2D eigenvalue weighted by atomic mass is 10.0. The molecular weight excluding hydrogens is 436 g/mol. The molecule has 0 radical (unpaired) electrons. The van der Waals surface area contributed by atoms with Gasteiger partial charge in [0.1, 0.15) is 18.2 Å². The number of aromatic nitrogens is 2. The highest BCUT2D eigenvalue weighted by Gasteiger charge is 2.19. The van der Waals surface area contributed by atoms with Crippen LogP contribution >= 0.6 is 0 Å². The van der Waals surface area contributed by atoms with E-state index in [9.17, 15) is 0 Å². The Morgan fingerprint density at radius 3 is 2.62 bits per heavy atom. The van der Waals surface area contributed by atoms with Crippen molar-refractivity contribution in [1.82, 2.24) is 14.9 Å². The Balaban J connectivity index is 1.33. The minimum atomic E-state index is 0.350. The Labute approximate surface area is 199 Å². The van der Waals surface area contributed by atoms with Crippen LogP contribution in [0.4, 0.5) is 11.6 Å². The highest BCUT2D eigenvalue weighted by Crippen LogP contribution is 2.27. The third kappa shape index (κ3) is 5.75. The quantitative estimate of drug-likeness (QED) is 0.612. The number of anilines is 2. The minimum absolute atomic E-state index is 0.350. The molecule has 10 nitrogen and oxygen atoms in total. The smallest absolute Gasteiger partial charge is 0.320 e. The molecular formula is C24H32N6O4. The van der Waals surface area contributed by atoms with Gasteiger partial charge in [0.25, 0.3) is 0 Å². The van der Waals surface area contributed by atoms with Crippen molar-refractivity contribution in [2.75, 3.05) is 82.7 Å². The number of morpholine rings is 2. The summed E-state index contributed by atoms with van der Waals surface area (Å²) in [7, 11) is 0. The van der Waals surface area contributed by atoms with Crippen LogP contribution in [0.25, 0.3) is 0 Å². The Kier molecular flexibility index (Phi) is 7.37. The van der Waals surface area contributed by atoms with Crippen LogP contribution in [-0.2, 0) is 9.47 Å². The van der Waals surface area contributed by atoms with Crippen molar-refractivity contribution < 1.29 is 18.9 Å². The van der Waals surface area contributed by atoms with E-state index in [0.29, 0.717) is 38.3 Å². The molecule has 2 saturated heterocycles. The number of hydrogen-bond acceptors (Lipinski definition) is 10. The van der Waals surface area contributed by atoms with Crippen molar-refractivity contribution >= 4 is 17.3 Å². The van der Waals surface area contributed by atoms with Gasteiger partial charge in [-0.2, -0.15) is 15.1 Å². The first-order valence-corrected chi connectivity index (χ1v) is 12.0. The number of fused-ring (bicyclic) bond motifs is 1. The third-order valence-corrected chi connectivity index (χ3v) is 6.12. The Bertz CT molecular complexity index is 1000. The maximum atomic E-state index is 5.97. The number of ether oxygens (including phenoxy) is 4. The van der Waals surface area contributed by atoms with Crippen LogP contribution < -0.4 is 19.8 Å². The number of hydrazone groups is 1. The number of hydrogen-bond donors (Lipinski definition) is 1. The van der Waals surface area contributed by atoms with Gasteiger partial charge in [-0.1, -0.05) is 11.6 Å². The van der Waals surface area contributed by atoms with E-state index in [1.54, 1.807) is 0 Å². The fourth-order valence-electron chi connectivity index (χ4n) is 4.21. The minimum Gasteiger partial charge on any atom is -0.492 e. The SMILES string of the molecule is Cc1ccc2c(c1)/C(=N/Nc1cc(N3CCOCC3)nc(OCCN3CCOCC3)n1)CCO2. The van der Waals surface area contributed by atoms with Gasteiger partial charge < -0.3 is 23.8 Å². The standard InChI is InChI=1S/C24H32N6O4/c1-18-2-3-21-19(16-18)20(4-10-33-21)27-28-22-17-23(30-8-13-32-14-9-30)26-24(25-22)34-15-7-29-5-11-31-12-6-29/h2-3,16-17H,4-15H2,1H3,(H,25,26,28)/b27-20+. The Hall–Kier alpha value is -2.95. The summed E-state index contributed by atoms with van der Waals surface area (Å²) in [4.78, 5) is 13.8. The molecule has 2 aromatic rings. The molecule has 1 N–H and O–H groups in total. The van der Waals surface area contributed by atoms with Crippen molar-refractivity contribution in [3.63, 3.8) is 0 Å². The summed E-state index contributed by atoms with van der Waals surface area (Å²) in [6, 6.07) is 8.42. The predicted octanol–water partition coefficient (Wildman–Crippen LogP) is 1.93. The molecule has 1 aromatic heterocycles. The molecule has 3 aliphatic heterocycles. The van der Waals surface area contributed by atoms with Crippen molar-refractivity contribution in [1.29, 1.82) is 0 Å². The molecule has 1 aromatic carbocycles. The van der Waals surface area contributed by atoms with Gasteiger partial charge in [0.05, 0.1) is 38.7 Å². The summed E-state index contributed by atoms with van der Waals surface area (Å²) in [5, 5.41) is 4.69. The maximum absolute atomic E-state index is 5.97. The van der Waals surface area contributed by atoms with Gasteiger partial charge in [0, 0.05) is 50.8 Å². The highest BCUT2D eigenvalue weighted by atomic mass is 16.5. The molecule has 182 valence electrons. The molecule has 0 aliphatic carbocycles. The van der Waals surface area contributed by atoms with Crippen LogP contribution in [-0.4, -0.2) is 92.9 Å². The lowest BCUT2D eigenvalue weighted by Crippen LogP contribution is -2.39. The molecule has 2 fully saturated rings. The first kappa shape index (κ1) is 22.8. The molecule has 0 bridgehead atoms. The van der Waals surface area contributed by atoms with E-state index in [0.717, 1.165) is 75.2 Å². The van der Waals surface area contributed by atoms with E-state index in [1.807, 2.05) is 12.1 Å². The van der Waals surface area contributed by atoms with Gasteiger partial charge in [0.2, 0.25) is 0 Å². The average molecular weight is 469 g/mol. The van der Waals surface area contributed by atoms with Crippen molar-refractivity contribution in [3.05, 3.63) is 35.4 Å². The lowest BCUT2D eigenvalue weighted by molar-refractivity contribution is 0.0317. The van der Waals surface area contributed by atoms with Gasteiger partial charge >= 0.3 is 6.01 Å². The fraction of sp³-hybridized carbons (Fsp3) is 0.542. The van der Waals surface area contributed by atoms with Gasteiger partial charge in [-0.15, -0.1) is 0 Å². The summed E-state index contributed by atoms with van der Waals surface area (Å²) in [5.41, 5.74) is 6.29. The van der Waals surface area contributed by atoms with Gasteiger partial charge in [0.15, 0.2) is 5.82 Å². The molecule has 0 spiro atoms. The van der Waals surface area contributed by atoms with E-state index in [-0.39, 0.29) is 0 Å². The summed E-state index contributed by atoms with van der Waals surface area (Å²) in [6.45, 7) is 10.3. The van der Waals surface area contributed by atoms with E-state index in [2.05, 4.69) is 44.3 Å². The second-order valence-electron chi connectivity index (χ2n) is 8.56. The third-order valence-electron chi connectivity index (χ3n) is 6.12. The molecule has 34 heavy (non-hydrogen) atoms. The summed E-state index contributed by atoms with van der Waals surface area (Å²) >= 11 is 0. The van der Waals surface area contributed by atoms with Gasteiger partial charge in [-0.3, -0.25) is 10.3 Å². The zero-order valence-corrected chi connectivity index (χ0v) is 19.7. The number of nitrogens with one attached hydrogen (secondary N) is 1. The second kappa shape index (κ2) is 11.0. The number of rotatable bonds is 7. The van der Waals surface area contributed by atoms with Crippen LogP contribution in [0.3, 0.4) is 0 Å². The molecule has 0 amide bonds. The molecule has 10 heteroatoms. The first-order valence-electron chi connectivity index (χ1n) is 12.0. The van der Waals surface area contributed by atoms with Crippen LogP contribution in [0.2, 0.25) is 0 Å². The Morgan fingerprint density at radius 2 is 1.79 bits per heavy atom. The normalized spacial score (nSPS) is 20.0. The number of benzene rings is 1. The van der Waals surface area contributed by atoms with Crippen molar-refractivity contribution in [2.24, 2.45) is 5.10 Å². The monoisotopic (exact) mass is 468 g/mol.